The average Bonchev–Trinajstić information content (AvgIpc) is 2.88. The van der Waals surface area contributed by atoms with Gasteiger partial charge in [0.1, 0.15) is 0 Å². The standard InChI is InChI=1S/C25H28N4O9S2/c1-12-15(17(30)25(2,3)4)29-20(33)16(37-6)21(29)40(35,36)23(12)38-22(34)14-9-7-13(8-10-14)11-39-24-26-18(31)19(32)27-28(24)5/h7-10,16,21,23H,11H2,1-6H3,(H,27,32)/t16-,21+,23-/m0/s1. The first-order valence-corrected chi connectivity index (χ1v) is 14.6. The predicted octanol–water partition coefficient (Wildman–Crippen LogP) is 0.745. The molecule has 0 spiro atoms. The van der Waals surface area contributed by atoms with E-state index in [-0.39, 0.29) is 22.0 Å². The third-order valence-electron chi connectivity index (χ3n) is 6.47. The van der Waals surface area contributed by atoms with Gasteiger partial charge in [-0.25, -0.2) is 13.2 Å². The number of benzene rings is 1. The van der Waals surface area contributed by atoms with Crippen LogP contribution in [0.5, 0.6) is 0 Å². The van der Waals surface area contributed by atoms with Crippen molar-refractivity contribution in [1.82, 2.24) is 19.7 Å². The molecule has 1 N–H and O–H groups in total. The zero-order chi connectivity index (χ0) is 29.7. The second-order valence-corrected chi connectivity index (χ2v) is 13.4. The number of carbonyl (C=O) groups excluding carboxylic acids is 3. The van der Waals surface area contributed by atoms with Gasteiger partial charge in [0.15, 0.2) is 22.4 Å². The highest BCUT2D eigenvalue weighted by Crippen LogP contribution is 2.43. The maximum Gasteiger partial charge on any atom is 0.339 e. The van der Waals surface area contributed by atoms with Crippen molar-refractivity contribution in [3.8, 4) is 0 Å². The van der Waals surface area contributed by atoms with E-state index < -0.39 is 60.9 Å². The number of nitrogens with zero attached hydrogens (tertiary/aromatic N) is 3. The first-order valence-electron chi connectivity index (χ1n) is 12.0. The fourth-order valence-electron chi connectivity index (χ4n) is 4.33. The monoisotopic (exact) mass is 592 g/mol. The van der Waals surface area contributed by atoms with E-state index in [4.69, 9.17) is 9.47 Å². The summed E-state index contributed by atoms with van der Waals surface area (Å²) in [6, 6.07) is 6.13. The van der Waals surface area contributed by atoms with Crippen molar-refractivity contribution in [3.05, 3.63) is 67.4 Å². The van der Waals surface area contributed by atoms with Gasteiger partial charge in [-0.3, -0.25) is 33.9 Å². The second-order valence-electron chi connectivity index (χ2n) is 10.4. The molecule has 4 rings (SSSR count). The van der Waals surface area contributed by atoms with E-state index in [1.165, 1.54) is 42.6 Å². The summed E-state index contributed by atoms with van der Waals surface area (Å²) < 4.78 is 38.8. The Hall–Kier alpha value is -3.56. The van der Waals surface area contributed by atoms with Crippen molar-refractivity contribution in [1.29, 1.82) is 0 Å². The van der Waals surface area contributed by atoms with Crippen LogP contribution in [-0.2, 0) is 41.7 Å². The summed E-state index contributed by atoms with van der Waals surface area (Å²) in [4.78, 5) is 66.5. The smallest absolute Gasteiger partial charge is 0.339 e. The van der Waals surface area contributed by atoms with Crippen LogP contribution in [0.15, 0.2) is 50.3 Å². The van der Waals surface area contributed by atoms with Crippen LogP contribution in [0.2, 0.25) is 0 Å². The van der Waals surface area contributed by atoms with Crippen molar-refractivity contribution in [2.45, 2.75) is 55.5 Å². The summed E-state index contributed by atoms with van der Waals surface area (Å²) in [5.41, 5.74) is -3.83. The Labute approximate surface area is 233 Å². The van der Waals surface area contributed by atoms with E-state index in [1.807, 2.05) is 0 Å². The number of Topliss-reactive ketones (excluding diaryl/α,β-unsaturated/α-hetero) is 1. The largest absolute Gasteiger partial charge is 0.438 e. The van der Waals surface area contributed by atoms with Gasteiger partial charge >= 0.3 is 17.1 Å². The molecule has 0 bridgehead atoms. The van der Waals surface area contributed by atoms with Crippen molar-refractivity contribution >= 4 is 39.3 Å². The molecule has 40 heavy (non-hydrogen) atoms. The molecule has 15 heteroatoms. The zero-order valence-electron chi connectivity index (χ0n) is 22.6. The number of aryl methyl sites for hydroxylation is 1. The molecule has 0 saturated carbocycles. The van der Waals surface area contributed by atoms with Crippen LogP contribution >= 0.6 is 11.8 Å². The van der Waals surface area contributed by atoms with E-state index in [0.29, 0.717) is 5.75 Å². The molecule has 1 aromatic carbocycles. The molecule has 0 unspecified atom stereocenters. The van der Waals surface area contributed by atoms with Crippen molar-refractivity contribution in [2.75, 3.05) is 7.11 Å². The highest BCUT2D eigenvalue weighted by atomic mass is 32.2. The minimum Gasteiger partial charge on any atom is -0.438 e. The second kappa shape index (κ2) is 10.4. The van der Waals surface area contributed by atoms with Gasteiger partial charge in [0.25, 0.3) is 5.91 Å². The lowest BCUT2D eigenvalue weighted by atomic mass is 9.85. The third-order valence-corrected chi connectivity index (χ3v) is 9.75. The third kappa shape index (κ3) is 5.04. The number of fused-ring (bicyclic) bond motifs is 1. The lowest BCUT2D eigenvalue weighted by Crippen LogP contribution is -2.72. The van der Waals surface area contributed by atoms with Crippen molar-refractivity contribution < 1.29 is 32.3 Å². The SMILES string of the molecule is CO[C@H]1C(=O)N2C(C(=O)C(C)(C)C)=C(C)[C@@H](OC(=O)c3ccc(CSc4nc(=O)c(=O)[nH]n4C)cc3)S(=O)(=O)[C@H]12. The normalized spacial score (nSPS) is 22.0. The number of ether oxygens (including phenoxy) is 2. The molecule has 3 atom stereocenters. The Morgan fingerprint density at radius 2 is 1.75 bits per heavy atom. The maximum absolute atomic E-state index is 13.5. The number of aromatic amines is 1. The molecular weight excluding hydrogens is 564 g/mol. The van der Waals surface area contributed by atoms with Gasteiger partial charge in [-0.1, -0.05) is 44.7 Å². The van der Waals surface area contributed by atoms with Crippen LogP contribution in [0, 0.1) is 5.41 Å². The number of rotatable bonds is 7. The van der Waals surface area contributed by atoms with E-state index in [9.17, 15) is 32.4 Å². The van der Waals surface area contributed by atoms with E-state index in [0.717, 1.165) is 10.5 Å². The molecule has 2 aromatic rings. The zero-order valence-corrected chi connectivity index (χ0v) is 24.2. The number of aromatic nitrogens is 3. The van der Waals surface area contributed by atoms with Gasteiger partial charge in [0.05, 0.1) is 11.3 Å². The van der Waals surface area contributed by atoms with Gasteiger partial charge in [0, 0.05) is 30.9 Å². The number of nitrogens with one attached hydrogen (secondary N) is 1. The molecular formula is C25H28N4O9S2. The van der Waals surface area contributed by atoms with Crippen LogP contribution < -0.4 is 11.1 Å². The minimum atomic E-state index is -4.32. The van der Waals surface area contributed by atoms with E-state index in [1.54, 1.807) is 40.0 Å². The Kier molecular flexibility index (Phi) is 7.68. The number of hydrogen-bond donors (Lipinski definition) is 1. The number of carbonyl (C=O) groups is 3. The number of thioether (sulfide) groups is 1. The highest BCUT2D eigenvalue weighted by Gasteiger charge is 2.64. The number of methoxy groups -OCH3 is 1. The fraction of sp³-hybridized carbons (Fsp3) is 0.440. The molecule has 3 heterocycles. The fourth-order valence-corrected chi connectivity index (χ4v) is 7.35. The summed E-state index contributed by atoms with van der Waals surface area (Å²) in [5, 5.41) is 1.15. The van der Waals surface area contributed by atoms with Crippen LogP contribution in [-0.4, -0.2) is 69.8 Å². The molecule has 1 amide bonds. The average molecular weight is 593 g/mol. The molecule has 2 aliphatic rings. The Morgan fingerprint density at radius 1 is 1.12 bits per heavy atom. The summed E-state index contributed by atoms with van der Waals surface area (Å²) in [6.07, 6.45) is -1.32. The molecule has 1 saturated heterocycles. The number of sulfone groups is 1. The van der Waals surface area contributed by atoms with Gasteiger partial charge in [-0.15, -0.1) is 0 Å². The number of hydrogen-bond acceptors (Lipinski definition) is 11. The molecule has 13 nitrogen and oxygen atoms in total. The number of amides is 1. The topological polar surface area (TPSA) is 175 Å². The minimum absolute atomic E-state index is 0.0561. The number of H-pyrrole nitrogens is 1. The van der Waals surface area contributed by atoms with E-state index in [2.05, 4.69) is 10.1 Å². The lowest BCUT2D eigenvalue weighted by Gasteiger charge is -2.50. The predicted molar refractivity (Wildman–Crippen MR) is 143 cm³/mol. The summed E-state index contributed by atoms with van der Waals surface area (Å²) >= 11 is 1.18. The molecule has 1 aromatic heterocycles. The first-order chi connectivity index (χ1) is 18.6. The quantitative estimate of drug-likeness (QED) is 0.208. The van der Waals surface area contributed by atoms with Gasteiger partial charge in [0.2, 0.25) is 15.3 Å². The van der Waals surface area contributed by atoms with E-state index >= 15 is 0 Å². The van der Waals surface area contributed by atoms with Crippen LogP contribution in [0.25, 0.3) is 0 Å². The number of esters is 1. The Bertz CT molecular complexity index is 1650. The van der Waals surface area contributed by atoms with Crippen LogP contribution in [0.3, 0.4) is 0 Å². The Balaban J connectivity index is 1.58. The van der Waals surface area contributed by atoms with Gasteiger partial charge < -0.3 is 9.47 Å². The molecule has 214 valence electrons. The summed E-state index contributed by atoms with van der Waals surface area (Å²) in [6.45, 7) is 6.27. The number of β-lactam (4-membered cyclic amide) rings is 1. The maximum atomic E-state index is 13.5. The lowest BCUT2D eigenvalue weighted by molar-refractivity contribution is -0.161. The Morgan fingerprint density at radius 3 is 2.33 bits per heavy atom. The molecule has 0 radical (unpaired) electrons. The summed E-state index contributed by atoms with van der Waals surface area (Å²) in [5.74, 6) is -1.71. The molecule has 2 aliphatic heterocycles. The van der Waals surface area contributed by atoms with Crippen molar-refractivity contribution in [2.24, 2.45) is 12.5 Å². The molecule has 1 fully saturated rings. The number of ketones is 1. The first kappa shape index (κ1) is 29.4. The van der Waals surface area contributed by atoms with Gasteiger partial charge in [-0.05, 0) is 24.6 Å². The van der Waals surface area contributed by atoms with Gasteiger partial charge in [-0.2, -0.15) is 4.98 Å². The summed E-state index contributed by atoms with van der Waals surface area (Å²) in [7, 11) is -1.58. The van der Waals surface area contributed by atoms with Crippen LogP contribution in [0.4, 0.5) is 0 Å². The highest BCUT2D eigenvalue weighted by molar-refractivity contribution is 7.98. The molecule has 0 aliphatic carbocycles. The number of allylic oxidation sites excluding steroid dienone is 1. The van der Waals surface area contributed by atoms with Crippen molar-refractivity contribution in [3.63, 3.8) is 0 Å². The van der Waals surface area contributed by atoms with Crippen LogP contribution in [0.1, 0.15) is 43.6 Å².